The van der Waals surface area contributed by atoms with Crippen LogP contribution < -0.4 is 5.73 Å². The minimum absolute atomic E-state index is 0.0105. The van der Waals surface area contributed by atoms with Crippen LogP contribution in [0.25, 0.3) is 5.65 Å². The Labute approximate surface area is 121 Å². The molecule has 104 valence electrons. The van der Waals surface area contributed by atoms with Crippen molar-refractivity contribution >= 4 is 17.4 Å². The molecule has 0 fully saturated rings. The van der Waals surface area contributed by atoms with E-state index < -0.39 is 0 Å². The number of fused-ring (bicyclic) bond motifs is 1. The maximum absolute atomic E-state index is 6.10. The summed E-state index contributed by atoms with van der Waals surface area (Å²) in [5.41, 5.74) is 6.93. The van der Waals surface area contributed by atoms with Crippen LogP contribution in [0.2, 0.25) is 0 Å². The molecular formula is C14H16N4OS. The smallest absolute Gasteiger partial charge is 0.196 e. The standard InChI is InChI=1S/C14H16N4OS/c1-9-6-7-11(19-9)13(10(2)15)20-14-17-16-12-5-3-4-8-18(12)14/h3-8,10,13H,15H2,1-2H3. The normalized spacial score (nSPS) is 14.6. The molecule has 6 heteroatoms. The van der Waals surface area contributed by atoms with E-state index in [1.807, 2.05) is 54.8 Å². The molecule has 2 unspecified atom stereocenters. The third-order valence-electron chi connectivity index (χ3n) is 3.03. The number of hydrogen-bond acceptors (Lipinski definition) is 5. The number of aryl methyl sites for hydroxylation is 1. The van der Waals surface area contributed by atoms with Gasteiger partial charge in [-0.05, 0) is 38.1 Å². The third-order valence-corrected chi connectivity index (χ3v) is 4.44. The van der Waals surface area contributed by atoms with Crippen molar-refractivity contribution in [2.45, 2.75) is 30.3 Å². The van der Waals surface area contributed by atoms with Gasteiger partial charge in [-0.1, -0.05) is 17.8 Å². The minimum Gasteiger partial charge on any atom is -0.465 e. The molecule has 3 aromatic rings. The van der Waals surface area contributed by atoms with Gasteiger partial charge in [-0.15, -0.1) is 10.2 Å². The summed E-state index contributed by atoms with van der Waals surface area (Å²) in [5, 5.41) is 9.21. The predicted molar refractivity (Wildman–Crippen MR) is 78.7 cm³/mol. The third kappa shape index (κ3) is 2.44. The zero-order valence-electron chi connectivity index (χ0n) is 11.4. The first-order chi connectivity index (χ1) is 9.65. The lowest BCUT2D eigenvalue weighted by atomic mass is 10.2. The highest BCUT2D eigenvalue weighted by Gasteiger charge is 2.23. The number of nitrogens with two attached hydrogens (primary N) is 1. The van der Waals surface area contributed by atoms with Gasteiger partial charge in [0.25, 0.3) is 0 Å². The second kappa shape index (κ2) is 5.30. The first kappa shape index (κ1) is 13.2. The Morgan fingerprint density at radius 2 is 2.10 bits per heavy atom. The van der Waals surface area contributed by atoms with E-state index in [2.05, 4.69) is 10.2 Å². The van der Waals surface area contributed by atoms with E-state index in [0.29, 0.717) is 0 Å². The van der Waals surface area contributed by atoms with Crippen LogP contribution in [0.5, 0.6) is 0 Å². The van der Waals surface area contributed by atoms with E-state index in [0.717, 1.165) is 22.3 Å². The van der Waals surface area contributed by atoms with Gasteiger partial charge >= 0.3 is 0 Å². The molecule has 0 aliphatic heterocycles. The molecule has 2 atom stereocenters. The molecule has 5 nitrogen and oxygen atoms in total. The van der Waals surface area contributed by atoms with Gasteiger partial charge in [-0.2, -0.15) is 0 Å². The Balaban J connectivity index is 1.94. The van der Waals surface area contributed by atoms with Gasteiger partial charge in [-0.3, -0.25) is 4.40 Å². The van der Waals surface area contributed by atoms with Gasteiger partial charge in [0.2, 0.25) is 0 Å². The fourth-order valence-corrected chi connectivity index (χ4v) is 3.08. The number of thioether (sulfide) groups is 1. The van der Waals surface area contributed by atoms with Crippen LogP contribution in [0.1, 0.15) is 23.7 Å². The number of nitrogens with zero attached hydrogens (tertiary/aromatic N) is 3. The lowest BCUT2D eigenvalue weighted by molar-refractivity contribution is 0.464. The molecule has 0 aliphatic carbocycles. The zero-order chi connectivity index (χ0) is 14.1. The second-order valence-corrected chi connectivity index (χ2v) is 5.87. The molecule has 3 rings (SSSR count). The van der Waals surface area contributed by atoms with Crippen molar-refractivity contribution in [3.05, 3.63) is 48.0 Å². The molecule has 20 heavy (non-hydrogen) atoms. The lowest BCUT2D eigenvalue weighted by Crippen LogP contribution is -2.22. The largest absolute Gasteiger partial charge is 0.465 e. The molecule has 0 saturated heterocycles. The molecule has 2 N–H and O–H groups in total. The summed E-state index contributed by atoms with van der Waals surface area (Å²) < 4.78 is 7.66. The van der Waals surface area contributed by atoms with Crippen LogP contribution in [-0.2, 0) is 0 Å². The van der Waals surface area contributed by atoms with E-state index >= 15 is 0 Å². The van der Waals surface area contributed by atoms with Crippen molar-refractivity contribution in [3.63, 3.8) is 0 Å². The number of rotatable bonds is 4. The van der Waals surface area contributed by atoms with Crippen LogP contribution in [0.4, 0.5) is 0 Å². The molecule has 3 aromatic heterocycles. The van der Waals surface area contributed by atoms with Gasteiger partial charge < -0.3 is 10.2 Å². The summed E-state index contributed by atoms with van der Waals surface area (Å²) in [6.07, 6.45) is 1.95. The van der Waals surface area contributed by atoms with Gasteiger partial charge in [0, 0.05) is 12.2 Å². The van der Waals surface area contributed by atoms with Crippen LogP contribution in [-0.4, -0.2) is 20.6 Å². The zero-order valence-corrected chi connectivity index (χ0v) is 12.2. The molecular weight excluding hydrogens is 272 g/mol. The van der Waals surface area contributed by atoms with E-state index in [4.69, 9.17) is 10.2 Å². The SMILES string of the molecule is Cc1ccc(C(Sc2nnc3ccccn23)C(C)N)o1. The molecule has 3 heterocycles. The van der Waals surface area contributed by atoms with Crippen molar-refractivity contribution in [1.29, 1.82) is 0 Å². The Kier molecular flexibility index (Phi) is 3.50. The fraction of sp³-hybridized carbons (Fsp3) is 0.286. The summed E-state index contributed by atoms with van der Waals surface area (Å²) in [6.45, 7) is 3.90. The van der Waals surface area contributed by atoms with Gasteiger partial charge in [0.05, 0.1) is 5.25 Å². The van der Waals surface area contributed by atoms with Crippen LogP contribution in [0, 0.1) is 6.92 Å². The van der Waals surface area contributed by atoms with Crippen LogP contribution >= 0.6 is 11.8 Å². The molecule has 0 saturated carbocycles. The average Bonchev–Trinajstić information content (AvgIpc) is 3.02. The minimum atomic E-state index is -0.0541. The van der Waals surface area contributed by atoms with Gasteiger partial charge in [0.15, 0.2) is 10.8 Å². The lowest BCUT2D eigenvalue weighted by Gasteiger charge is -2.16. The number of aromatic nitrogens is 3. The Morgan fingerprint density at radius 1 is 1.25 bits per heavy atom. The molecule has 0 aliphatic rings. The second-order valence-electron chi connectivity index (χ2n) is 4.76. The molecule has 0 bridgehead atoms. The van der Waals surface area contributed by atoms with Crippen LogP contribution in [0.15, 0.2) is 46.1 Å². The number of furan rings is 1. The fourth-order valence-electron chi connectivity index (χ4n) is 2.04. The van der Waals surface area contributed by atoms with Crippen molar-refractivity contribution in [2.75, 3.05) is 0 Å². The summed E-state index contributed by atoms with van der Waals surface area (Å²) >= 11 is 1.57. The van der Waals surface area contributed by atoms with Crippen molar-refractivity contribution < 1.29 is 4.42 Å². The Morgan fingerprint density at radius 3 is 2.80 bits per heavy atom. The maximum atomic E-state index is 6.10. The van der Waals surface area contributed by atoms with Gasteiger partial charge in [-0.25, -0.2) is 0 Å². The highest BCUT2D eigenvalue weighted by atomic mass is 32.2. The van der Waals surface area contributed by atoms with Crippen LogP contribution in [0.3, 0.4) is 0 Å². The quantitative estimate of drug-likeness (QED) is 0.748. The Bertz CT molecular complexity index is 719. The highest BCUT2D eigenvalue weighted by Crippen LogP contribution is 2.37. The van der Waals surface area contributed by atoms with E-state index in [-0.39, 0.29) is 11.3 Å². The molecule has 0 spiro atoms. The number of pyridine rings is 1. The monoisotopic (exact) mass is 288 g/mol. The van der Waals surface area contributed by atoms with Gasteiger partial charge in [0.1, 0.15) is 11.5 Å². The first-order valence-electron chi connectivity index (χ1n) is 6.43. The van der Waals surface area contributed by atoms with Crippen molar-refractivity contribution in [2.24, 2.45) is 5.73 Å². The van der Waals surface area contributed by atoms with E-state index in [9.17, 15) is 0 Å². The van der Waals surface area contributed by atoms with E-state index in [1.165, 1.54) is 0 Å². The Hall–Kier alpha value is -1.79. The topological polar surface area (TPSA) is 69.3 Å². The maximum Gasteiger partial charge on any atom is 0.196 e. The summed E-state index contributed by atoms with van der Waals surface area (Å²) in [7, 11) is 0. The molecule has 0 amide bonds. The molecule has 0 aromatic carbocycles. The molecule has 0 radical (unpaired) electrons. The van der Waals surface area contributed by atoms with Crippen molar-refractivity contribution in [3.8, 4) is 0 Å². The summed E-state index contributed by atoms with van der Waals surface area (Å²) in [4.78, 5) is 0. The summed E-state index contributed by atoms with van der Waals surface area (Å²) in [6, 6.07) is 9.69. The number of hydrogen-bond donors (Lipinski definition) is 1. The highest BCUT2D eigenvalue weighted by molar-refractivity contribution is 7.99. The predicted octanol–water partition coefficient (Wildman–Crippen LogP) is 2.81. The van der Waals surface area contributed by atoms with E-state index in [1.54, 1.807) is 11.8 Å². The van der Waals surface area contributed by atoms with Crippen molar-refractivity contribution in [1.82, 2.24) is 14.6 Å². The average molecular weight is 288 g/mol. The first-order valence-corrected chi connectivity index (χ1v) is 7.31. The summed E-state index contributed by atoms with van der Waals surface area (Å²) in [5.74, 6) is 1.76.